The Morgan fingerprint density at radius 3 is 2.43 bits per heavy atom. The zero-order valence-electron chi connectivity index (χ0n) is 14.4. The SMILES string of the molecule is COc1cc(C)c(C2(O)CC(C)CCC2C(C)C)cc1C. The van der Waals surface area contributed by atoms with Crippen LogP contribution in [0.1, 0.15) is 56.7 Å². The van der Waals surface area contributed by atoms with E-state index in [0.717, 1.165) is 35.3 Å². The minimum atomic E-state index is -0.701. The fourth-order valence-electron chi connectivity index (χ4n) is 4.16. The molecule has 1 aromatic carbocycles. The van der Waals surface area contributed by atoms with E-state index < -0.39 is 5.60 Å². The van der Waals surface area contributed by atoms with Crippen molar-refractivity contribution in [3.8, 4) is 5.75 Å². The number of rotatable bonds is 3. The summed E-state index contributed by atoms with van der Waals surface area (Å²) in [5, 5.41) is 11.6. The van der Waals surface area contributed by atoms with E-state index in [1.54, 1.807) is 7.11 Å². The molecular weight excluding hydrogens is 260 g/mol. The highest BCUT2D eigenvalue weighted by molar-refractivity contribution is 5.44. The van der Waals surface area contributed by atoms with E-state index in [4.69, 9.17) is 4.74 Å². The predicted molar refractivity (Wildman–Crippen MR) is 87.7 cm³/mol. The van der Waals surface area contributed by atoms with E-state index >= 15 is 0 Å². The van der Waals surface area contributed by atoms with Gasteiger partial charge < -0.3 is 9.84 Å². The van der Waals surface area contributed by atoms with Gasteiger partial charge in [-0.05, 0) is 73.3 Å². The van der Waals surface area contributed by atoms with E-state index in [1.807, 2.05) is 0 Å². The first-order valence-electron chi connectivity index (χ1n) is 8.17. The average molecular weight is 290 g/mol. The second-order valence-electron chi connectivity index (χ2n) is 7.30. The van der Waals surface area contributed by atoms with Crippen LogP contribution in [0.4, 0.5) is 0 Å². The highest BCUT2D eigenvalue weighted by atomic mass is 16.5. The molecule has 2 nitrogen and oxygen atoms in total. The number of benzene rings is 1. The minimum Gasteiger partial charge on any atom is -0.496 e. The van der Waals surface area contributed by atoms with Gasteiger partial charge >= 0.3 is 0 Å². The van der Waals surface area contributed by atoms with Gasteiger partial charge in [0.25, 0.3) is 0 Å². The fourth-order valence-corrected chi connectivity index (χ4v) is 4.16. The first kappa shape index (κ1) is 16.4. The van der Waals surface area contributed by atoms with Gasteiger partial charge in [-0.15, -0.1) is 0 Å². The third-order valence-corrected chi connectivity index (χ3v) is 5.26. The van der Waals surface area contributed by atoms with Crippen molar-refractivity contribution >= 4 is 0 Å². The molecule has 1 fully saturated rings. The molecule has 1 aromatic rings. The molecule has 0 bridgehead atoms. The zero-order valence-corrected chi connectivity index (χ0v) is 14.4. The molecule has 0 aliphatic heterocycles. The Balaban J connectivity index is 2.52. The third kappa shape index (κ3) is 2.96. The summed E-state index contributed by atoms with van der Waals surface area (Å²) in [5.74, 6) is 2.31. The van der Waals surface area contributed by atoms with Crippen LogP contribution in [-0.2, 0) is 5.60 Å². The number of ether oxygens (including phenoxy) is 1. The van der Waals surface area contributed by atoms with Crippen molar-refractivity contribution in [1.82, 2.24) is 0 Å². The lowest BCUT2D eigenvalue weighted by atomic mass is 9.63. The van der Waals surface area contributed by atoms with Crippen molar-refractivity contribution < 1.29 is 9.84 Å². The Kier molecular flexibility index (Phi) is 4.67. The number of aliphatic hydroxyl groups is 1. The molecule has 21 heavy (non-hydrogen) atoms. The summed E-state index contributed by atoms with van der Waals surface area (Å²) in [6, 6.07) is 4.21. The summed E-state index contributed by atoms with van der Waals surface area (Å²) in [6.45, 7) is 10.9. The smallest absolute Gasteiger partial charge is 0.122 e. The van der Waals surface area contributed by atoms with E-state index in [1.165, 1.54) is 6.42 Å². The van der Waals surface area contributed by atoms with Crippen LogP contribution < -0.4 is 4.74 Å². The first-order valence-corrected chi connectivity index (χ1v) is 8.17. The van der Waals surface area contributed by atoms with Gasteiger partial charge in [-0.25, -0.2) is 0 Å². The summed E-state index contributed by atoms with van der Waals surface area (Å²) in [5.41, 5.74) is 2.64. The van der Waals surface area contributed by atoms with Crippen molar-refractivity contribution in [1.29, 1.82) is 0 Å². The molecule has 2 heteroatoms. The second kappa shape index (κ2) is 6.00. The third-order valence-electron chi connectivity index (χ3n) is 5.26. The van der Waals surface area contributed by atoms with Gasteiger partial charge in [0.1, 0.15) is 5.75 Å². The van der Waals surface area contributed by atoms with Gasteiger partial charge in [0.2, 0.25) is 0 Å². The summed E-state index contributed by atoms with van der Waals surface area (Å²) in [6.07, 6.45) is 3.20. The molecule has 0 spiro atoms. The molecule has 3 atom stereocenters. The fraction of sp³-hybridized carbons (Fsp3) is 0.684. The second-order valence-corrected chi connectivity index (χ2v) is 7.30. The van der Waals surface area contributed by atoms with Gasteiger partial charge in [0.15, 0.2) is 0 Å². The summed E-state index contributed by atoms with van der Waals surface area (Å²) in [7, 11) is 1.70. The van der Waals surface area contributed by atoms with Crippen LogP contribution in [0.5, 0.6) is 5.75 Å². The molecule has 0 amide bonds. The number of hydrogen-bond donors (Lipinski definition) is 1. The molecule has 0 heterocycles. The Labute approximate surface area is 129 Å². The largest absolute Gasteiger partial charge is 0.496 e. The molecule has 1 N–H and O–H groups in total. The van der Waals surface area contributed by atoms with Crippen LogP contribution in [0.2, 0.25) is 0 Å². The summed E-state index contributed by atoms with van der Waals surface area (Å²) in [4.78, 5) is 0. The molecule has 0 radical (unpaired) electrons. The Morgan fingerprint density at radius 2 is 1.86 bits per heavy atom. The molecule has 0 aromatic heterocycles. The standard InChI is InChI=1S/C19H30O2/c1-12(2)16-8-7-13(3)11-19(16,20)17-9-15(5)18(21-6)10-14(17)4/h9-10,12-13,16,20H,7-8,11H2,1-6H3. The first-order chi connectivity index (χ1) is 9.79. The molecule has 118 valence electrons. The molecule has 3 unspecified atom stereocenters. The Morgan fingerprint density at radius 1 is 1.19 bits per heavy atom. The monoisotopic (exact) mass is 290 g/mol. The molecule has 0 saturated heterocycles. The van der Waals surface area contributed by atoms with Gasteiger partial charge in [-0.1, -0.05) is 27.2 Å². The maximum absolute atomic E-state index is 11.6. The molecule has 1 saturated carbocycles. The van der Waals surface area contributed by atoms with Crippen molar-refractivity contribution in [3.63, 3.8) is 0 Å². The van der Waals surface area contributed by atoms with Crippen molar-refractivity contribution in [2.75, 3.05) is 7.11 Å². The lowest BCUT2D eigenvalue weighted by Crippen LogP contribution is -2.43. The van der Waals surface area contributed by atoms with Gasteiger partial charge in [-0.2, -0.15) is 0 Å². The van der Waals surface area contributed by atoms with Crippen LogP contribution in [0.15, 0.2) is 12.1 Å². The van der Waals surface area contributed by atoms with Gasteiger partial charge in [-0.3, -0.25) is 0 Å². The van der Waals surface area contributed by atoms with Crippen LogP contribution in [0.3, 0.4) is 0 Å². The van der Waals surface area contributed by atoms with Crippen LogP contribution in [0.25, 0.3) is 0 Å². The summed E-state index contributed by atoms with van der Waals surface area (Å²) >= 11 is 0. The summed E-state index contributed by atoms with van der Waals surface area (Å²) < 4.78 is 5.41. The maximum Gasteiger partial charge on any atom is 0.122 e. The van der Waals surface area contributed by atoms with Crippen LogP contribution in [0, 0.1) is 31.6 Å². The van der Waals surface area contributed by atoms with E-state index in [-0.39, 0.29) is 0 Å². The lowest BCUT2D eigenvalue weighted by Gasteiger charge is -2.46. The number of methoxy groups -OCH3 is 1. The molecule has 1 aliphatic carbocycles. The van der Waals surface area contributed by atoms with Gasteiger partial charge in [0.05, 0.1) is 12.7 Å². The van der Waals surface area contributed by atoms with Crippen LogP contribution >= 0.6 is 0 Å². The topological polar surface area (TPSA) is 29.5 Å². The van der Waals surface area contributed by atoms with E-state index in [0.29, 0.717) is 17.8 Å². The molecular formula is C19H30O2. The van der Waals surface area contributed by atoms with Gasteiger partial charge in [0, 0.05) is 0 Å². The number of aryl methyl sites for hydroxylation is 2. The quantitative estimate of drug-likeness (QED) is 0.882. The lowest BCUT2D eigenvalue weighted by molar-refractivity contribution is -0.0870. The molecule has 1 aliphatic rings. The number of hydrogen-bond acceptors (Lipinski definition) is 2. The highest BCUT2D eigenvalue weighted by Gasteiger charge is 2.44. The van der Waals surface area contributed by atoms with E-state index in [2.05, 4.69) is 46.8 Å². The normalized spacial score (nSPS) is 29.7. The molecule has 2 rings (SSSR count). The minimum absolute atomic E-state index is 0.334. The Hall–Kier alpha value is -1.02. The Bertz CT molecular complexity index is 507. The van der Waals surface area contributed by atoms with Crippen molar-refractivity contribution in [2.45, 2.75) is 59.5 Å². The predicted octanol–water partition coefficient (Wildman–Crippen LogP) is 4.59. The average Bonchev–Trinajstić information content (AvgIpc) is 2.40. The van der Waals surface area contributed by atoms with E-state index in [9.17, 15) is 5.11 Å². The maximum atomic E-state index is 11.6. The highest BCUT2D eigenvalue weighted by Crippen LogP contribution is 2.48. The zero-order chi connectivity index (χ0) is 15.8. The van der Waals surface area contributed by atoms with Crippen molar-refractivity contribution in [3.05, 3.63) is 28.8 Å². The van der Waals surface area contributed by atoms with Crippen molar-refractivity contribution in [2.24, 2.45) is 17.8 Å². The van der Waals surface area contributed by atoms with Crippen LogP contribution in [-0.4, -0.2) is 12.2 Å².